The van der Waals surface area contributed by atoms with Gasteiger partial charge in [0.25, 0.3) is 0 Å². The van der Waals surface area contributed by atoms with Crippen LogP contribution in [0, 0.1) is 0 Å². The van der Waals surface area contributed by atoms with Gasteiger partial charge in [-0.15, -0.1) is 11.6 Å². The molecule has 1 unspecified atom stereocenters. The van der Waals surface area contributed by atoms with Crippen LogP contribution >= 0.6 is 11.6 Å². The van der Waals surface area contributed by atoms with Crippen LogP contribution in [0.15, 0.2) is 0 Å². The highest BCUT2D eigenvalue weighted by Crippen LogP contribution is 2.26. The molecule has 0 spiro atoms. The van der Waals surface area contributed by atoms with Gasteiger partial charge in [-0.2, -0.15) is 0 Å². The first kappa shape index (κ1) is 9.34. The minimum absolute atomic E-state index is 0.303. The molecule has 1 N–H and O–H groups in total. The number of halogens is 1. The van der Waals surface area contributed by atoms with Crippen molar-refractivity contribution in [3.8, 4) is 0 Å². The van der Waals surface area contributed by atoms with Crippen LogP contribution in [-0.2, 0) is 0 Å². The third kappa shape index (κ3) is 2.34. The number of hydrogen-bond acceptors (Lipinski definition) is 1. The van der Waals surface area contributed by atoms with E-state index < -0.39 is 0 Å². The minimum Gasteiger partial charge on any atom is -0.310 e. The molecule has 1 aliphatic rings. The van der Waals surface area contributed by atoms with Crippen molar-refractivity contribution in [2.24, 2.45) is 0 Å². The monoisotopic (exact) mass is 175 g/mol. The van der Waals surface area contributed by atoms with Gasteiger partial charge in [-0.05, 0) is 25.8 Å². The molecule has 0 aromatic rings. The second-order valence-electron chi connectivity index (χ2n) is 3.55. The molecule has 0 aliphatic carbocycles. The largest absolute Gasteiger partial charge is 0.310 e. The Bertz CT molecular complexity index is 108. The number of rotatable bonds is 4. The van der Waals surface area contributed by atoms with E-state index in [-0.39, 0.29) is 0 Å². The molecule has 0 amide bonds. The van der Waals surface area contributed by atoms with Crippen LogP contribution in [0.25, 0.3) is 0 Å². The lowest BCUT2D eigenvalue weighted by Gasteiger charge is -2.26. The molecule has 1 atom stereocenters. The zero-order chi connectivity index (χ0) is 8.16. The van der Waals surface area contributed by atoms with Gasteiger partial charge < -0.3 is 5.32 Å². The van der Waals surface area contributed by atoms with Crippen molar-refractivity contribution in [1.82, 2.24) is 5.32 Å². The Labute approximate surface area is 74.5 Å². The fourth-order valence-electron chi connectivity index (χ4n) is 1.78. The molecule has 0 saturated carbocycles. The number of unbranched alkanes of at least 4 members (excludes halogenated alkanes) is 1. The normalized spacial score (nSPS) is 31.1. The highest BCUT2D eigenvalue weighted by Gasteiger charge is 2.31. The van der Waals surface area contributed by atoms with Gasteiger partial charge in [0, 0.05) is 11.4 Å². The topological polar surface area (TPSA) is 12.0 Å². The average Bonchev–Trinajstić information content (AvgIpc) is 2.50. The van der Waals surface area contributed by atoms with E-state index in [0.717, 1.165) is 12.4 Å². The van der Waals surface area contributed by atoms with Crippen molar-refractivity contribution >= 4 is 11.6 Å². The van der Waals surface area contributed by atoms with Crippen molar-refractivity contribution in [1.29, 1.82) is 0 Å². The summed E-state index contributed by atoms with van der Waals surface area (Å²) >= 11 is 5.94. The second-order valence-corrected chi connectivity index (χ2v) is 3.82. The number of alkyl halides is 1. The smallest absolute Gasteiger partial charge is 0.0406 e. The Balaban J connectivity index is 2.33. The minimum atomic E-state index is 0.303. The van der Waals surface area contributed by atoms with E-state index in [2.05, 4.69) is 12.2 Å². The van der Waals surface area contributed by atoms with E-state index in [1.165, 1.54) is 32.1 Å². The van der Waals surface area contributed by atoms with E-state index in [0.29, 0.717) is 5.54 Å². The standard InChI is InChI=1S/C9H18ClN/c1-2-3-5-9(8-10)6-4-7-11-9/h11H,2-8H2,1H3. The second kappa shape index (κ2) is 4.32. The van der Waals surface area contributed by atoms with Gasteiger partial charge in [0.2, 0.25) is 0 Å². The Kier molecular flexibility index (Phi) is 3.67. The first-order chi connectivity index (χ1) is 5.33. The van der Waals surface area contributed by atoms with E-state index >= 15 is 0 Å². The molecule has 1 fully saturated rings. The molecule has 1 nitrogen and oxygen atoms in total. The summed E-state index contributed by atoms with van der Waals surface area (Å²) in [6, 6.07) is 0. The van der Waals surface area contributed by atoms with Crippen LogP contribution in [0.4, 0.5) is 0 Å². The van der Waals surface area contributed by atoms with Crippen molar-refractivity contribution in [3.63, 3.8) is 0 Å². The van der Waals surface area contributed by atoms with Crippen LogP contribution < -0.4 is 5.32 Å². The Morgan fingerprint density at radius 1 is 1.55 bits per heavy atom. The maximum absolute atomic E-state index is 5.94. The third-order valence-electron chi connectivity index (χ3n) is 2.60. The molecule has 11 heavy (non-hydrogen) atoms. The molecule has 1 aliphatic heterocycles. The maximum atomic E-state index is 5.94. The fourth-order valence-corrected chi connectivity index (χ4v) is 2.14. The maximum Gasteiger partial charge on any atom is 0.0406 e. The van der Waals surface area contributed by atoms with E-state index in [4.69, 9.17) is 11.6 Å². The predicted octanol–water partition coefficient (Wildman–Crippen LogP) is 2.54. The summed E-state index contributed by atoms with van der Waals surface area (Å²) in [7, 11) is 0. The summed E-state index contributed by atoms with van der Waals surface area (Å²) in [4.78, 5) is 0. The zero-order valence-corrected chi connectivity index (χ0v) is 8.08. The van der Waals surface area contributed by atoms with E-state index in [1.807, 2.05) is 0 Å². The molecule has 66 valence electrons. The van der Waals surface area contributed by atoms with Crippen LogP contribution in [0.1, 0.15) is 39.0 Å². The highest BCUT2D eigenvalue weighted by atomic mass is 35.5. The Morgan fingerprint density at radius 2 is 2.36 bits per heavy atom. The van der Waals surface area contributed by atoms with Gasteiger partial charge in [0.15, 0.2) is 0 Å². The third-order valence-corrected chi connectivity index (χ3v) is 3.11. The fraction of sp³-hybridized carbons (Fsp3) is 1.00. The highest BCUT2D eigenvalue weighted by molar-refractivity contribution is 6.18. The van der Waals surface area contributed by atoms with Crippen molar-refractivity contribution in [3.05, 3.63) is 0 Å². The summed E-state index contributed by atoms with van der Waals surface area (Å²) in [5, 5.41) is 3.52. The van der Waals surface area contributed by atoms with Crippen LogP contribution in [-0.4, -0.2) is 18.0 Å². The number of hydrogen-bond donors (Lipinski definition) is 1. The summed E-state index contributed by atoms with van der Waals surface area (Å²) < 4.78 is 0. The molecular weight excluding hydrogens is 158 g/mol. The zero-order valence-electron chi connectivity index (χ0n) is 7.33. The summed E-state index contributed by atoms with van der Waals surface area (Å²) in [5.74, 6) is 0.785. The lowest BCUT2D eigenvalue weighted by Crippen LogP contribution is -2.41. The molecule has 1 rings (SSSR count). The van der Waals surface area contributed by atoms with Crippen LogP contribution in [0.3, 0.4) is 0 Å². The molecule has 1 heterocycles. The predicted molar refractivity (Wildman–Crippen MR) is 50.2 cm³/mol. The molecule has 0 radical (unpaired) electrons. The van der Waals surface area contributed by atoms with Gasteiger partial charge in [-0.25, -0.2) is 0 Å². The quantitative estimate of drug-likeness (QED) is 0.648. The van der Waals surface area contributed by atoms with Crippen LogP contribution in [0.5, 0.6) is 0 Å². The number of nitrogens with one attached hydrogen (secondary N) is 1. The van der Waals surface area contributed by atoms with Crippen molar-refractivity contribution in [2.45, 2.75) is 44.6 Å². The molecule has 0 aromatic carbocycles. The van der Waals surface area contributed by atoms with Gasteiger partial charge in [-0.3, -0.25) is 0 Å². The molecule has 0 aromatic heterocycles. The van der Waals surface area contributed by atoms with E-state index in [9.17, 15) is 0 Å². The van der Waals surface area contributed by atoms with Crippen molar-refractivity contribution in [2.75, 3.05) is 12.4 Å². The molecule has 2 heteroatoms. The molecular formula is C9H18ClN. The van der Waals surface area contributed by atoms with Crippen LogP contribution in [0.2, 0.25) is 0 Å². The van der Waals surface area contributed by atoms with Gasteiger partial charge in [-0.1, -0.05) is 19.8 Å². The summed E-state index contributed by atoms with van der Waals surface area (Å²) in [6.07, 6.45) is 6.42. The lowest BCUT2D eigenvalue weighted by atomic mass is 9.93. The Hall–Kier alpha value is 0.250. The first-order valence-corrected chi connectivity index (χ1v) is 5.17. The van der Waals surface area contributed by atoms with Gasteiger partial charge >= 0.3 is 0 Å². The lowest BCUT2D eigenvalue weighted by molar-refractivity contribution is 0.377. The SMILES string of the molecule is CCCCC1(CCl)CCCN1. The van der Waals surface area contributed by atoms with Gasteiger partial charge in [0.05, 0.1) is 0 Å². The summed E-state index contributed by atoms with van der Waals surface area (Å²) in [6.45, 7) is 3.40. The van der Waals surface area contributed by atoms with Gasteiger partial charge in [0.1, 0.15) is 0 Å². The van der Waals surface area contributed by atoms with E-state index in [1.54, 1.807) is 0 Å². The molecule has 0 bridgehead atoms. The van der Waals surface area contributed by atoms with Crippen molar-refractivity contribution < 1.29 is 0 Å². The summed E-state index contributed by atoms with van der Waals surface area (Å²) in [5.41, 5.74) is 0.303. The first-order valence-electron chi connectivity index (χ1n) is 4.64. The average molecular weight is 176 g/mol. The molecule has 1 saturated heterocycles. The Morgan fingerprint density at radius 3 is 2.82 bits per heavy atom.